The number of fused-ring (bicyclic) bond motifs is 1. The lowest BCUT2D eigenvalue weighted by molar-refractivity contribution is -0.00539. The van der Waals surface area contributed by atoms with Crippen molar-refractivity contribution >= 4 is 38.4 Å². The number of rotatable bonds is 4. The molecule has 0 spiro atoms. The maximum Gasteiger partial charge on any atom is 0.269 e. The van der Waals surface area contributed by atoms with E-state index in [9.17, 15) is 9.18 Å². The van der Waals surface area contributed by atoms with Crippen molar-refractivity contribution in [1.29, 1.82) is 0 Å². The molecule has 1 amide bonds. The number of morpholine rings is 1. The molecule has 0 saturated carbocycles. The molecule has 29 heavy (non-hydrogen) atoms. The summed E-state index contributed by atoms with van der Waals surface area (Å²) in [4.78, 5) is 17.7. The van der Waals surface area contributed by atoms with Gasteiger partial charge >= 0.3 is 0 Å². The fourth-order valence-electron chi connectivity index (χ4n) is 3.83. The van der Waals surface area contributed by atoms with Gasteiger partial charge in [0.15, 0.2) is 0 Å². The Hall–Kier alpha value is -2.38. The van der Waals surface area contributed by atoms with Crippen molar-refractivity contribution in [3.63, 3.8) is 0 Å². The Morgan fingerprint density at radius 3 is 2.66 bits per heavy atom. The van der Waals surface area contributed by atoms with E-state index in [-0.39, 0.29) is 30.5 Å². The maximum atomic E-state index is 14.7. The van der Waals surface area contributed by atoms with Gasteiger partial charge in [0.05, 0.1) is 22.4 Å². The summed E-state index contributed by atoms with van der Waals surface area (Å²) in [7, 11) is 0. The molecule has 5 nitrogen and oxygen atoms in total. The van der Waals surface area contributed by atoms with E-state index in [0.717, 1.165) is 15.4 Å². The van der Waals surface area contributed by atoms with Gasteiger partial charge in [-0.3, -0.25) is 4.79 Å². The molecule has 2 N–H and O–H groups in total. The van der Waals surface area contributed by atoms with Gasteiger partial charge in [0, 0.05) is 30.5 Å². The zero-order valence-electron chi connectivity index (χ0n) is 16.3. The van der Waals surface area contributed by atoms with E-state index in [1.54, 1.807) is 6.07 Å². The van der Waals surface area contributed by atoms with Crippen LogP contribution in [-0.4, -0.2) is 36.2 Å². The van der Waals surface area contributed by atoms with Crippen LogP contribution in [-0.2, 0) is 11.3 Å². The second-order valence-corrected chi connectivity index (χ2v) is 8.28. The molecule has 0 radical (unpaired) electrons. The summed E-state index contributed by atoms with van der Waals surface area (Å²) < 4.78 is 21.2. The standard InChI is InChI=1S/C22H23BrFN3O2/c1-13-11-27(12-14(2)29-13)19-8-7-15(9-17(19)24)10-25-22(28)21-20(23)16-5-3-4-6-18(16)26-21/h3-9,13-14,26H,10-12H2,1-2H3,(H,25,28). The first-order valence-corrected chi connectivity index (χ1v) is 10.4. The van der Waals surface area contributed by atoms with Crippen molar-refractivity contribution in [2.75, 3.05) is 18.0 Å². The molecule has 152 valence electrons. The molecule has 4 rings (SSSR count). The summed E-state index contributed by atoms with van der Waals surface area (Å²) in [6.07, 6.45) is 0.124. The number of halogens is 2. The van der Waals surface area contributed by atoms with Crippen molar-refractivity contribution in [1.82, 2.24) is 10.3 Å². The first-order valence-electron chi connectivity index (χ1n) is 9.65. The van der Waals surface area contributed by atoms with Crippen molar-refractivity contribution in [3.05, 3.63) is 64.0 Å². The first-order chi connectivity index (χ1) is 13.9. The quantitative estimate of drug-likeness (QED) is 0.598. The van der Waals surface area contributed by atoms with E-state index in [4.69, 9.17) is 4.74 Å². The zero-order chi connectivity index (χ0) is 20.5. The van der Waals surface area contributed by atoms with Gasteiger partial charge in [0.2, 0.25) is 0 Å². The number of nitrogens with zero attached hydrogens (tertiary/aromatic N) is 1. The topological polar surface area (TPSA) is 57.4 Å². The minimum absolute atomic E-state index is 0.0619. The summed E-state index contributed by atoms with van der Waals surface area (Å²) in [5.41, 5.74) is 2.62. The Morgan fingerprint density at radius 2 is 1.97 bits per heavy atom. The number of anilines is 1. The second kappa shape index (κ2) is 8.16. The van der Waals surface area contributed by atoms with E-state index >= 15 is 0 Å². The number of H-pyrrole nitrogens is 1. The van der Waals surface area contributed by atoms with Crippen molar-refractivity contribution < 1.29 is 13.9 Å². The van der Waals surface area contributed by atoms with Crippen molar-refractivity contribution in [2.45, 2.75) is 32.6 Å². The molecule has 2 atom stereocenters. The summed E-state index contributed by atoms with van der Waals surface area (Å²) in [5.74, 6) is -0.529. The van der Waals surface area contributed by atoms with Crippen LogP contribution in [0.3, 0.4) is 0 Å². The molecule has 0 bridgehead atoms. The highest BCUT2D eigenvalue weighted by molar-refractivity contribution is 9.10. The fourth-order valence-corrected chi connectivity index (χ4v) is 4.45. The summed E-state index contributed by atoms with van der Waals surface area (Å²) in [5, 5.41) is 3.80. The summed E-state index contributed by atoms with van der Waals surface area (Å²) in [6, 6.07) is 12.8. The van der Waals surface area contributed by atoms with Crippen LogP contribution in [0.4, 0.5) is 10.1 Å². The van der Waals surface area contributed by atoms with Crippen LogP contribution in [0.15, 0.2) is 46.9 Å². The highest BCUT2D eigenvalue weighted by Gasteiger charge is 2.24. The number of aromatic amines is 1. The highest BCUT2D eigenvalue weighted by Crippen LogP contribution is 2.28. The molecule has 2 aromatic carbocycles. The lowest BCUT2D eigenvalue weighted by atomic mass is 10.1. The first kappa shape index (κ1) is 19.9. The van der Waals surface area contributed by atoms with Gasteiger partial charge in [-0.05, 0) is 53.5 Å². The van der Waals surface area contributed by atoms with Crippen LogP contribution in [0.5, 0.6) is 0 Å². The van der Waals surface area contributed by atoms with Gasteiger partial charge in [0.25, 0.3) is 5.91 Å². The average molecular weight is 460 g/mol. The van der Waals surface area contributed by atoms with Crippen LogP contribution in [0.1, 0.15) is 29.9 Å². The Morgan fingerprint density at radius 1 is 1.24 bits per heavy atom. The van der Waals surface area contributed by atoms with Crippen LogP contribution in [0.25, 0.3) is 10.9 Å². The number of carbonyl (C=O) groups excluding carboxylic acids is 1. The number of hydrogen-bond donors (Lipinski definition) is 2. The summed E-state index contributed by atoms with van der Waals surface area (Å²) >= 11 is 3.49. The van der Waals surface area contributed by atoms with E-state index in [0.29, 0.717) is 30.0 Å². The lowest BCUT2D eigenvalue weighted by Crippen LogP contribution is -2.45. The van der Waals surface area contributed by atoms with Gasteiger partial charge in [-0.25, -0.2) is 4.39 Å². The minimum Gasteiger partial charge on any atom is -0.372 e. The van der Waals surface area contributed by atoms with Crippen LogP contribution >= 0.6 is 15.9 Å². The molecule has 1 saturated heterocycles. The van der Waals surface area contributed by atoms with Gasteiger partial charge in [-0.1, -0.05) is 24.3 Å². The normalized spacial score (nSPS) is 19.5. The fraction of sp³-hybridized carbons (Fsp3) is 0.318. The Bertz CT molecular complexity index is 1040. The van der Waals surface area contributed by atoms with Crippen LogP contribution < -0.4 is 10.2 Å². The number of aromatic nitrogens is 1. The number of carbonyl (C=O) groups is 1. The number of benzene rings is 2. The van der Waals surface area contributed by atoms with E-state index < -0.39 is 0 Å². The summed E-state index contributed by atoms with van der Waals surface area (Å²) in [6.45, 7) is 5.55. The predicted octanol–water partition coefficient (Wildman–Crippen LogP) is 4.61. The third-order valence-corrected chi connectivity index (χ3v) is 5.92. The molecular formula is C22H23BrFN3O2. The van der Waals surface area contributed by atoms with Gasteiger partial charge < -0.3 is 19.9 Å². The zero-order valence-corrected chi connectivity index (χ0v) is 17.9. The number of nitrogens with one attached hydrogen (secondary N) is 2. The number of amides is 1. The van der Waals surface area contributed by atoms with E-state index in [1.807, 2.05) is 49.1 Å². The Kier molecular flexibility index (Phi) is 5.61. The molecule has 1 aliphatic heterocycles. The van der Waals surface area contributed by atoms with Gasteiger partial charge in [-0.15, -0.1) is 0 Å². The smallest absolute Gasteiger partial charge is 0.269 e. The molecule has 1 aromatic heterocycles. The molecule has 7 heteroatoms. The molecule has 2 unspecified atom stereocenters. The monoisotopic (exact) mass is 459 g/mol. The molecule has 1 fully saturated rings. The minimum atomic E-state index is -0.287. The van der Waals surface area contributed by atoms with Gasteiger partial charge in [0.1, 0.15) is 11.5 Å². The molecule has 3 aromatic rings. The van der Waals surface area contributed by atoms with E-state index in [2.05, 4.69) is 26.2 Å². The number of hydrogen-bond acceptors (Lipinski definition) is 3. The van der Waals surface area contributed by atoms with Crippen LogP contribution in [0, 0.1) is 5.82 Å². The Balaban J connectivity index is 1.45. The van der Waals surface area contributed by atoms with Crippen molar-refractivity contribution in [2.24, 2.45) is 0 Å². The largest absolute Gasteiger partial charge is 0.372 e. The second-order valence-electron chi connectivity index (χ2n) is 7.49. The Labute approximate surface area is 177 Å². The average Bonchev–Trinajstić information content (AvgIpc) is 3.02. The van der Waals surface area contributed by atoms with Crippen LogP contribution in [0.2, 0.25) is 0 Å². The third kappa shape index (κ3) is 4.16. The van der Waals surface area contributed by atoms with E-state index in [1.165, 1.54) is 6.07 Å². The predicted molar refractivity (Wildman–Crippen MR) is 116 cm³/mol. The van der Waals surface area contributed by atoms with Gasteiger partial charge in [-0.2, -0.15) is 0 Å². The SMILES string of the molecule is CC1CN(c2ccc(CNC(=O)c3[nH]c4ccccc4c3Br)cc2F)CC(C)O1. The molecule has 1 aliphatic rings. The molecule has 0 aliphatic carbocycles. The highest BCUT2D eigenvalue weighted by atomic mass is 79.9. The maximum absolute atomic E-state index is 14.7. The van der Waals surface area contributed by atoms with Crippen molar-refractivity contribution in [3.8, 4) is 0 Å². The number of para-hydroxylation sites is 1. The number of ether oxygens (including phenoxy) is 1. The molecule has 2 heterocycles. The third-order valence-electron chi connectivity index (χ3n) is 5.10. The molecular weight excluding hydrogens is 437 g/mol. The lowest BCUT2D eigenvalue weighted by Gasteiger charge is -2.37.